The zero-order valence-electron chi connectivity index (χ0n) is 8.42. The summed E-state index contributed by atoms with van der Waals surface area (Å²) < 4.78 is 5.16. The predicted molar refractivity (Wildman–Crippen MR) is 60.3 cm³/mol. The summed E-state index contributed by atoms with van der Waals surface area (Å²) in [6.45, 7) is 3.81. The van der Waals surface area contributed by atoms with Gasteiger partial charge in [-0.25, -0.2) is 0 Å². The lowest BCUT2D eigenvalue weighted by molar-refractivity contribution is 0.414. The molecule has 1 aliphatic carbocycles. The van der Waals surface area contributed by atoms with Crippen molar-refractivity contribution in [1.82, 2.24) is 0 Å². The highest BCUT2D eigenvalue weighted by atomic mass is 16.5. The molecule has 0 bridgehead atoms. The number of ether oxygens (including phenoxy) is 1. The molecule has 0 heterocycles. The number of benzene rings is 1. The summed E-state index contributed by atoms with van der Waals surface area (Å²) in [4.78, 5) is 0. The van der Waals surface area contributed by atoms with E-state index in [-0.39, 0.29) is 0 Å². The normalized spacial score (nSPS) is 13.6. The molecule has 14 heavy (non-hydrogen) atoms. The van der Waals surface area contributed by atoms with E-state index in [4.69, 9.17) is 4.74 Å². The standard InChI is InChI=1S/C13H14O/c1-3-11-9-13(14-2)7-6-12(11)8-10-4-5-10/h3,6-9H,1,4-5H2,2H3. The lowest BCUT2D eigenvalue weighted by Gasteiger charge is -2.04. The van der Waals surface area contributed by atoms with Crippen LogP contribution in [0, 0.1) is 0 Å². The largest absolute Gasteiger partial charge is 0.497 e. The molecule has 1 aromatic carbocycles. The average Bonchev–Trinajstić information content (AvgIpc) is 3.02. The zero-order valence-corrected chi connectivity index (χ0v) is 8.42. The van der Waals surface area contributed by atoms with Crippen LogP contribution in [0.1, 0.15) is 24.0 Å². The third-order valence-corrected chi connectivity index (χ3v) is 2.41. The molecule has 0 unspecified atom stereocenters. The van der Waals surface area contributed by atoms with Crippen LogP contribution >= 0.6 is 0 Å². The number of hydrogen-bond donors (Lipinski definition) is 0. The zero-order chi connectivity index (χ0) is 9.97. The van der Waals surface area contributed by atoms with Crippen molar-refractivity contribution in [1.29, 1.82) is 0 Å². The van der Waals surface area contributed by atoms with E-state index in [9.17, 15) is 0 Å². The van der Waals surface area contributed by atoms with Crippen LogP contribution in [0.25, 0.3) is 12.2 Å². The van der Waals surface area contributed by atoms with E-state index in [1.165, 1.54) is 24.0 Å². The molecule has 72 valence electrons. The Balaban J connectivity index is 2.38. The number of methoxy groups -OCH3 is 1. The second kappa shape index (κ2) is 3.70. The van der Waals surface area contributed by atoms with Gasteiger partial charge in [-0.3, -0.25) is 0 Å². The Morgan fingerprint density at radius 3 is 2.64 bits per heavy atom. The first-order chi connectivity index (χ1) is 6.83. The van der Waals surface area contributed by atoms with Gasteiger partial charge in [-0.15, -0.1) is 0 Å². The Labute approximate surface area is 84.7 Å². The molecule has 1 heteroatoms. The molecule has 0 radical (unpaired) electrons. The predicted octanol–water partition coefficient (Wildman–Crippen LogP) is 3.52. The van der Waals surface area contributed by atoms with Crippen LogP contribution in [0.3, 0.4) is 0 Å². The maximum Gasteiger partial charge on any atom is 0.119 e. The number of rotatable bonds is 3. The summed E-state index contributed by atoms with van der Waals surface area (Å²) in [7, 11) is 1.68. The minimum absolute atomic E-state index is 0.887. The Morgan fingerprint density at radius 2 is 2.07 bits per heavy atom. The molecular formula is C13H14O. The molecule has 0 N–H and O–H groups in total. The van der Waals surface area contributed by atoms with E-state index in [1.54, 1.807) is 7.11 Å². The molecule has 1 saturated carbocycles. The van der Waals surface area contributed by atoms with Crippen molar-refractivity contribution in [3.63, 3.8) is 0 Å². The fourth-order valence-corrected chi connectivity index (χ4v) is 1.42. The smallest absolute Gasteiger partial charge is 0.119 e. The van der Waals surface area contributed by atoms with Crippen LogP contribution < -0.4 is 4.74 Å². The maximum atomic E-state index is 5.16. The molecule has 0 aromatic heterocycles. The van der Waals surface area contributed by atoms with Crippen molar-refractivity contribution in [2.75, 3.05) is 7.11 Å². The second-order valence-corrected chi connectivity index (χ2v) is 3.50. The summed E-state index contributed by atoms with van der Waals surface area (Å²) >= 11 is 0. The van der Waals surface area contributed by atoms with E-state index in [0.29, 0.717) is 0 Å². The lowest BCUT2D eigenvalue weighted by Crippen LogP contribution is -1.85. The number of allylic oxidation sites excluding steroid dienone is 1. The number of hydrogen-bond acceptors (Lipinski definition) is 1. The molecule has 0 spiro atoms. The minimum atomic E-state index is 0.887. The molecular weight excluding hydrogens is 172 g/mol. The van der Waals surface area contributed by atoms with Crippen molar-refractivity contribution in [2.24, 2.45) is 0 Å². The van der Waals surface area contributed by atoms with Gasteiger partial charge >= 0.3 is 0 Å². The molecule has 1 nitrogen and oxygen atoms in total. The van der Waals surface area contributed by atoms with E-state index in [2.05, 4.69) is 18.7 Å². The highest BCUT2D eigenvalue weighted by Gasteiger charge is 2.11. The van der Waals surface area contributed by atoms with E-state index < -0.39 is 0 Å². The monoisotopic (exact) mass is 186 g/mol. The topological polar surface area (TPSA) is 9.23 Å². The summed E-state index contributed by atoms with van der Waals surface area (Å²) in [5.74, 6) is 0.887. The van der Waals surface area contributed by atoms with Crippen LogP contribution in [0.2, 0.25) is 0 Å². The van der Waals surface area contributed by atoms with Gasteiger partial charge in [0.2, 0.25) is 0 Å². The highest BCUT2D eigenvalue weighted by molar-refractivity contribution is 5.68. The van der Waals surface area contributed by atoms with Crippen molar-refractivity contribution in [2.45, 2.75) is 12.8 Å². The van der Waals surface area contributed by atoms with Crippen LogP contribution in [-0.4, -0.2) is 7.11 Å². The molecule has 0 atom stereocenters. The Hall–Kier alpha value is -1.50. The van der Waals surface area contributed by atoms with Gasteiger partial charge in [-0.1, -0.05) is 30.4 Å². The minimum Gasteiger partial charge on any atom is -0.497 e. The van der Waals surface area contributed by atoms with Crippen LogP contribution in [-0.2, 0) is 0 Å². The Kier molecular flexibility index (Phi) is 2.40. The Bertz CT molecular complexity index is 382. The third kappa shape index (κ3) is 1.87. The van der Waals surface area contributed by atoms with Gasteiger partial charge in [-0.05, 0) is 36.1 Å². The van der Waals surface area contributed by atoms with Gasteiger partial charge in [0.1, 0.15) is 5.75 Å². The lowest BCUT2D eigenvalue weighted by atomic mass is 10.1. The van der Waals surface area contributed by atoms with Crippen molar-refractivity contribution in [3.05, 3.63) is 41.5 Å². The van der Waals surface area contributed by atoms with Gasteiger partial charge in [-0.2, -0.15) is 0 Å². The summed E-state index contributed by atoms with van der Waals surface area (Å²) in [5.41, 5.74) is 3.91. The van der Waals surface area contributed by atoms with E-state index >= 15 is 0 Å². The van der Waals surface area contributed by atoms with Gasteiger partial charge < -0.3 is 4.74 Å². The fraction of sp³-hybridized carbons (Fsp3) is 0.231. The van der Waals surface area contributed by atoms with Crippen LogP contribution in [0.15, 0.2) is 30.4 Å². The first-order valence-corrected chi connectivity index (χ1v) is 4.83. The van der Waals surface area contributed by atoms with E-state index in [0.717, 1.165) is 11.3 Å². The first-order valence-electron chi connectivity index (χ1n) is 4.83. The van der Waals surface area contributed by atoms with Crippen LogP contribution in [0.5, 0.6) is 5.75 Å². The molecule has 1 aromatic rings. The quantitative estimate of drug-likeness (QED) is 0.701. The first kappa shape index (κ1) is 9.07. The van der Waals surface area contributed by atoms with Crippen molar-refractivity contribution >= 4 is 12.2 Å². The highest BCUT2D eigenvalue weighted by Crippen LogP contribution is 2.31. The maximum absolute atomic E-state index is 5.16. The van der Waals surface area contributed by atoms with Crippen LogP contribution in [0.4, 0.5) is 0 Å². The van der Waals surface area contributed by atoms with Gasteiger partial charge in [0.25, 0.3) is 0 Å². The molecule has 2 rings (SSSR count). The summed E-state index contributed by atoms with van der Waals surface area (Å²) in [6, 6.07) is 6.09. The van der Waals surface area contributed by atoms with Crippen molar-refractivity contribution < 1.29 is 4.74 Å². The molecule has 1 fully saturated rings. The molecule has 0 amide bonds. The molecule has 0 aliphatic heterocycles. The van der Waals surface area contributed by atoms with E-state index in [1.807, 2.05) is 18.2 Å². The van der Waals surface area contributed by atoms with Crippen molar-refractivity contribution in [3.8, 4) is 5.75 Å². The molecule has 1 aliphatic rings. The average molecular weight is 186 g/mol. The van der Waals surface area contributed by atoms with Gasteiger partial charge in [0, 0.05) is 0 Å². The second-order valence-electron chi connectivity index (χ2n) is 3.50. The molecule has 0 saturated heterocycles. The SMILES string of the molecule is C=Cc1cc(OC)ccc1C=C1CC1. The fourth-order valence-electron chi connectivity index (χ4n) is 1.42. The Morgan fingerprint density at radius 1 is 1.29 bits per heavy atom. The third-order valence-electron chi connectivity index (χ3n) is 2.41. The van der Waals surface area contributed by atoms with Gasteiger partial charge in [0.05, 0.1) is 7.11 Å². The summed E-state index contributed by atoms with van der Waals surface area (Å²) in [6.07, 6.45) is 6.62. The van der Waals surface area contributed by atoms with Gasteiger partial charge in [0.15, 0.2) is 0 Å². The summed E-state index contributed by atoms with van der Waals surface area (Å²) in [5, 5.41) is 0.